The van der Waals surface area contributed by atoms with E-state index in [1.54, 1.807) is 42.2 Å². The van der Waals surface area contributed by atoms with Crippen LogP contribution in [0, 0.1) is 26.2 Å². The van der Waals surface area contributed by atoms with E-state index in [0.717, 1.165) is 16.7 Å². The van der Waals surface area contributed by atoms with E-state index in [0.29, 0.717) is 27.5 Å². The summed E-state index contributed by atoms with van der Waals surface area (Å²) in [4.78, 5) is 40.5. The van der Waals surface area contributed by atoms with Gasteiger partial charge in [0.1, 0.15) is 12.2 Å². The molecule has 4 rings (SSSR count). The number of rotatable bonds is 8. The van der Waals surface area contributed by atoms with Crippen LogP contribution in [0.5, 0.6) is 0 Å². The number of amides is 2. The van der Waals surface area contributed by atoms with Crippen LogP contribution in [0.4, 0.5) is 11.4 Å². The number of nitrogens with zero attached hydrogens (tertiary/aromatic N) is 1. The minimum atomic E-state index is -1.18. The molecule has 41 heavy (non-hydrogen) atoms. The molecule has 8 nitrogen and oxygen atoms in total. The number of aromatic carboxylic acids is 1. The smallest absolute Gasteiger partial charge is 0.336 e. The number of aliphatic hydroxyl groups excluding tert-OH is 1. The van der Waals surface area contributed by atoms with Gasteiger partial charge in [0.2, 0.25) is 5.91 Å². The number of carboxylic acid groups (broad SMARTS) is 1. The predicted octanol–water partition coefficient (Wildman–Crippen LogP) is 5.83. The molecule has 1 heterocycles. The zero-order chi connectivity index (χ0) is 30.1. The van der Waals surface area contributed by atoms with Crippen LogP contribution in [0.3, 0.4) is 0 Å². The zero-order valence-corrected chi connectivity index (χ0v) is 24.6. The number of hydrogen-bond donors (Lipinski definition) is 3. The van der Waals surface area contributed by atoms with Gasteiger partial charge < -0.3 is 25.2 Å². The van der Waals surface area contributed by atoms with Gasteiger partial charge in [-0.1, -0.05) is 49.7 Å². The number of fused-ring (bicyclic) bond motifs is 1. The summed E-state index contributed by atoms with van der Waals surface area (Å²) in [6, 6.07) is 15.7. The van der Waals surface area contributed by atoms with E-state index in [1.807, 2.05) is 45.9 Å². The first-order valence-corrected chi connectivity index (χ1v) is 13.8. The van der Waals surface area contributed by atoms with Crippen LogP contribution in [0.15, 0.2) is 54.6 Å². The zero-order valence-electron chi connectivity index (χ0n) is 23.8. The van der Waals surface area contributed by atoms with Crippen LogP contribution in [0.25, 0.3) is 0 Å². The fourth-order valence-electron chi connectivity index (χ4n) is 4.96. The molecular weight excluding hydrogens is 544 g/mol. The van der Waals surface area contributed by atoms with Crippen LogP contribution in [0.2, 0.25) is 5.02 Å². The molecule has 1 aliphatic heterocycles. The highest BCUT2D eigenvalue weighted by Gasteiger charge is 2.40. The second-order valence-electron chi connectivity index (χ2n) is 11.3. The van der Waals surface area contributed by atoms with Crippen molar-refractivity contribution in [2.75, 3.05) is 23.4 Å². The Morgan fingerprint density at radius 2 is 1.76 bits per heavy atom. The van der Waals surface area contributed by atoms with Gasteiger partial charge in [0.05, 0.1) is 12.0 Å². The molecule has 0 bridgehead atoms. The molecule has 0 fully saturated rings. The summed E-state index contributed by atoms with van der Waals surface area (Å²) in [7, 11) is 0. The Morgan fingerprint density at radius 1 is 1.02 bits per heavy atom. The number of hydrogen-bond acceptors (Lipinski definition) is 5. The van der Waals surface area contributed by atoms with Crippen molar-refractivity contribution in [2.24, 2.45) is 5.41 Å². The number of carbonyl (C=O) groups is 3. The highest BCUT2D eigenvalue weighted by molar-refractivity contribution is 6.30. The molecule has 0 saturated heterocycles. The number of aliphatic hydroxyl groups is 1. The Hall–Kier alpha value is -3.72. The number of aryl methyl sites for hydroxylation is 2. The van der Waals surface area contributed by atoms with Gasteiger partial charge in [-0.05, 0) is 73.4 Å². The molecule has 1 aliphatic rings. The number of benzene rings is 3. The summed E-state index contributed by atoms with van der Waals surface area (Å²) in [5, 5.41) is 22.7. The summed E-state index contributed by atoms with van der Waals surface area (Å²) in [5.74, 6) is -2.03. The average molecular weight is 579 g/mol. The van der Waals surface area contributed by atoms with E-state index in [9.17, 15) is 24.6 Å². The highest BCUT2D eigenvalue weighted by atomic mass is 35.5. The summed E-state index contributed by atoms with van der Waals surface area (Å²) in [6.07, 6.45) is -2.19. The molecule has 3 N–H and O–H groups in total. The normalized spacial score (nSPS) is 17.1. The van der Waals surface area contributed by atoms with E-state index in [4.69, 9.17) is 16.3 Å². The van der Waals surface area contributed by atoms with Gasteiger partial charge in [0.15, 0.2) is 0 Å². The molecule has 0 unspecified atom stereocenters. The maximum atomic E-state index is 14.1. The van der Waals surface area contributed by atoms with Crippen molar-refractivity contribution >= 4 is 40.8 Å². The second kappa shape index (κ2) is 12.0. The molecule has 0 spiro atoms. The molecule has 2 amide bonds. The van der Waals surface area contributed by atoms with Crippen molar-refractivity contribution in [1.29, 1.82) is 0 Å². The molecule has 3 aromatic carbocycles. The monoisotopic (exact) mass is 578 g/mol. The molecule has 9 heteroatoms. The maximum Gasteiger partial charge on any atom is 0.336 e. The lowest BCUT2D eigenvalue weighted by Crippen LogP contribution is -2.46. The van der Waals surface area contributed by atoms with Crippen molar-refractivity contribution in [1.82, 2.24) is 0 Å². The van der Waals surface area contributed by atoms with E-state index in [-0.39, 0.29) is 25.1 Å². The lowest BCUT2D eigenvalue weighted by molar-refractivity contribution is -0.136. The maximum absolute atomic E-state index is 14.1. The Kier molecular flexibility index (Phi) is 8.87. The van der Waals surface area contributed by atoms with Gasteiger partial charge in [0.25, 0.3) is 5.91 Å². The topological polar surface area (TPSA) is 116 Å². The van der Waals surface area contributed by atoms with Gasteiger partial charge in [-0.3, -0.25) is 9.59 Å². The number of nitrogens with one attached hydrogen (secondary N) is 1. The first-order chi connectivity index (χ1) is 19.3. The SMILES string of the molecule is Cc1ccc(NC(=O)C[C@H]2O[C@H](c3cccc(C)c3C)c3cc(Cl)ccc3N(CC(C)(C)CO)C2=O)cc1C(=O)O. The molecule has 0 radical (unpaired) electrons. The standard InChI is InChI=1S/C32H35ClN2O6/c1-18-7-6-8-23(20(18)3)29-25-13-21(33)10-12-26(25)35(16-32(4,5)17-36)30(38)27(41-29)15-28(37)34-22-11-9-19(2)24(14-22)31(39)40/h6-14,27,29,36H,15-17H2,1-5H3,(H,34,37)(H,39,40)/t27-,29-/m1/s1. The molecule has 3 aromatic rings. The fraction of sp³-hybridized carbons (Fsp3) is 0.344. The lowest BCUT2D eigenvalue weighted by atomic mass is 9.91. The van der Waals surface area contributed by atoms with E-state index < -0.39 is 35.4 Å². The van der Waals surface area contributed by atoms with Crippen molar-refractivity contribution in [3.63, 3.8) is 0 Å². The minimum absolute atomic E-state index is 0.0734. The Bertz CT molecular complexity index is 1500. The second-order valence-corrected chi connectivity index (χ2v) is 11.8. The van der Waals surface area contributed by atoms with Crippen LogP contribution in [-0.4, -0.2) is 47.3 Å². The number of ether oxygens (including phenoxy) is 1. The van der Waals surface area contributed by atoms with Gasteiger partial charge in [0, 0.05) is 40.5 Å². The molecule has 2 atom stereocenters. The average Bonchev–Trinajstić information content (AvgIpc) is 3.01. The van der Waals surface area contributed by atoms with E-state index in [1.165, 1.54) is 6.07 Å². The van der Waals surface area contributed by atoms with Crippen LogP contribution in [-0.2, 0) is 14.3 Å². The molecule has 216 valence electrons. The largest absolute Gasteiger partial charge is 0.478 e. The Labute approximate surface area is 244 Å². The molecule has 0 saturated carbocycles. The molecule has 0 aliphatic carbocycles. The van der Waals surface area contributed by atoms with E-state index in [2.05, 4.69) is 5.32 Å². The summed E-state index contributed by atoms with van der Waals surface area (Å²) in [5.41, 5.74) is 4.46. The number of carboxylic acids is 1. The number of carbonyl (C=O) groups excluding carboxylic acids is 2. The third-order valence-electron chi connectivity index (χ3n) is 7.47. The summed E-state index contributed by atoms with van der Waals surface area (Å²) < 4.78 is 6.53. The van der Waals surface area contributed by atoms with Crippen molar-refractivity contribution < 1.29 is 29.3 Å². The number of halogens is 1. The fourth-order valence-corrected chi connectivity index (χ4v) is 5.14. The van der Waals surface area contributed by atoms with E-state index >= 15 is 0 Å². The van der Waals surface area contributed by atoms with Crippen molar-refractivity contribution in [3.8, 4) is 0 Å². The van der Waals surface area contributed by atoms with Gasteiger partial charge in [-0.15, -0.1) is 0 Å². The van der Waals surface area contributed by atoms with Crippen LogP contribution in [0.1, 0.15) is 64.5 Å². The van der Waals surface area contributed by atoms with Crippen LogP contribution < -0.4 is 10.2 Å². The van der Waals surface area contributed by atoms with Gasteiger partial charge in [-0.25, -0.2) is 4.79 Å². The van der Waals surface area contributed by atoms with Crippen molar-refractivity contribution in [2.45, 2.75) is 53.2 Å². The van der Waals surface area contributed by atoms with Gasteiger partial charge in [-0.2, -0.15) is 0 Å². The first-order valence-electron chi connectivity index (χ1n) is 13.4. The summed E-state index contributed by atoms with van der Waals surface area (Å²) >= 11 is 6.45. The highest BCUT2D eigenvalue weighted by Crippen LogP contribution is 2.42. The molecule has 0 aromatic heterocycles. The third-order valence-corrected chi connectivity index (χ3v) is 7.71. The Balaban J connectivity index is 1.77. The molecular formula is C32H35ClN2O6. The lowest BCUT2D eigenvalue weighted by Gasteiger charge is -2.32. The summed E-state index contributed by atoms with van der Waals surface area (Å²) in [6.45, 7) is 9.37. The van der Waals surface area contributed by atoms with Crippen LogP contribution >= 0.6 is 11.6 Å². The van der Waals surface area contributed by atoms with Crippen molar-refractivity contribution in [3.05, 3.63) is 93.0 Å². The first kappa shape index (κ1) is 30.2. The Morgan fingerprint density at radius 3 is 2.44 bits per heavy atom. The third kappa shape index (κ3) is 6.62. The number of anilines is 2. The minimum Gasteiger partial charge on any atom is -0.478 e. The predicted molar refractivity (Wildman–Crippen MR) is 159 cm³/mol. The quantitative estimate of drug-likeness (QED) is 0.310. The van der Waals surface area contributed by atoms with Gasteiger partial charge >= 0.3 is 5.97 Å².